The molecule has 2 aromatic heterocycles. The van der Waals surface area contributed by atoms with Gasteiger partial charge in [-0.2, -0.15) is 0 Å². The number of hydrogen-bond acceptors (Lipinski definition) is 9. The van der Waals surface area contributed by atoms with Gasteiger partial charge in [-0.25, -0.2) is 0 Å². The number of hydrogen-bond donors (Lipinski definition) is 0. The predicted molar refractivity (Wildman–Crippen MR) is 111 cm³/mol. The summed E-state index contributed by atoms with van der Waals surface area (Å²) in [6.07, 6.45) is 0.466. The second-order valence-corrected chi connectivity index (χ2v) is 9.19. The Hall–Kier alpha value is -1.91. The van der Waals surface area contributed by atoms with Crippen LogP contribution in [0.5, 0.6) is 0 Å². The zero-order chi connectivity index (χ0) is 18.2. The van der Waals surface area contributed by atoms with Gasteiger partial charge in [-0.15, -0.1) is 21.5 Å². The summed E-state index contributed by atoms with van der Waals surface area (Å²) in [4.78, 5) is 24.7. The van der Waals surface area contributed by atoms with Crippen LogP contribution in [-0.4, -0.2) is 70.3 Å². The van der Waals surface area contributed by atoms with Gasteiger partial charge in [0.1, 0.15) is 0 Å². The van der Waals surface area contributed by atoms with Crippen molar-refractivity contribution in [2.45, 2.75) is 6.42 Å². The zero-order valence-corrected chi connectivity index (χ0v) is 17.0. The van der Waals surface area contributed by atoms with Crippen LogP contribution < -0.4 is 4.90 Å². The van der Waals surface area contributed by atoms with E-state index in [9.17, 15) is 4.79 Å². The second kappa shape index (κ2) is 7.25. The van der Waals surface area contributed by atoms with Gasteiger partial charge >= 0.3 is 0 Å². The summed E-state index contributed by atoms with van der Waals surface area (Å²) in [7, 11) is 0. The number of carbonyl (C=O) groups excluding carboxylic acids is 1. The van der Waals surface area contributed by atoms with Crippen LogP contribution >= 0.6 is 34.4 Å². The number of piperazine rings is 1. The van der Waals surface area contributed by atoms with Crippen molar-refractivity contribution in [2.24, 2.45) is 4.99 Å². The Balaban J connectivity index is 1.17. The summed E-state index contributed by atoms with van der Waals surface area (Å²) in [6.45, 7) is 4.80. The molecule has 3 aliphatic heterocycles. The van der Waals surface area contributed by atoms with Gasteiger partial charge in [-0.1, -0.05) is 29.2 Å². The monoisotopic (exact) mass is 418 g/mol. The molecule has 0 bridgehead atoms. The third-order valence-electron chi connectivity index (χ3n) is 4.83. The van der Waals surface area contributed by atoms with Crippen molar-refractivity contribution in [1.82, 2.24) is 20.0 Å². The summed E-state index contributed by atoms with van der Waals surface area (Å²) in [5, 5.41) is 15.7. The van der Waals surface area contributed by atoms with Gasteiger partial charge in [0, 0.05) is 38.4 Å². The Labute approximate surface area is 169 Å². The molecule has 5 rings (SSSR count). The van der Waals surface area contributed by atoms with Crippen molar-refractivity contribution in [3.05, 3.63) is 28.6 Å². The number of amidine groups is 1. The van der Waals surface area contributed by atoms with Crippen molar-refractivity contribution >= 4 is 50.6 Å². The average Bonchev–Trinajstić information content (AvgIpc) is 3.46. The molecule has 0 saturated carbocycles. The highest BCUT2D eigenvalue weighted by Gasteiger charge is 2.30. The predicted octanol–water partition coefficient (Wildman–Crippen LogP) is 2.57. The molecule has 0 aliphatic carbocycles. The maximum Gasteiger partial charge on any atom is 0.228 e. The van der Waals surface area contributed by atoms with Gasteiger partial charge in [-0.05, 0) is 16.9 Å². The molecule has 0 unspecified atom stereocenters. The largest absolute Gasteiger partial charge is 0.343 e. The van der Waals surface area contributed by atoms with E-state index in [1.165, 1.54) is 0 Å². The highest BCUT2D eigenvalue weighted by molar-refractivity contribution is 8.16. The number of rotatable bonds is 4. The maximum atomic E-state index is 12.7. The van der Waals surface area contributed by atoms with Crippen LogP contribution in [0.25, 0.3) is 9.88 Å². The first kappa shape index (κ1) is 17.2. The molecule has 27 heavy (non-hydrogen) atoms. The highest BCUT2D eigenvalue weighted by Crippen LogP contribution is 2.33. The van der Waals surface area contributed by atoms with E-state index in [1.54, 1.807) is 34.4 Å². The van der Waals surface area contributed by atoms with E-state index in [2.05, 4.69) is 41.8 Å². The molecular weight excluding hydrogens is 400 g/mol. The lowest BCUT2D eigenvalue weighted by Gasteiger charge is -2.34. The number of fused-ring (bicyclic) bond motifs is 1. The van der Waals surface area contributed by atoms with Gasteiger partial charge < -0.3 is 14.7 Å². The maximum absolute atomic E-state index is 12.7. The van der Waals surface area contributed by atoms with Crippen molar-refractivity contribution in [2.75, 3.05) is 44.2 Å². The summed E-state index contributed by atoms with van der Waals surface area (Å²) in [5.74, 6) is 0.200. The molecule has 1 fully saturated rings. The normalized spacial score (nSPS) is 19.3. The third-order valence-corrected chi connectivity index (χ3v) is 7.80. The van der Waals surface area contributed by atoms with Gasteiger partial charge in [0.25, 0.3) is 0 Å². The summed E-state index contributed by atoms with van der Waals surface area (Å²) < 4.78 is 0. The van der Waals surface area contributed by atoms with Crippen molar-refractivity contribution in [3.8, 4) is 9.88 Å². The number of nitrogens with zero attached hydrogens (tertiary/aromatic N) is 6. The van der Waals surface area contributed by atoms with Crippen molar-refractivity contribution < 1.29 is 4.79 Å². The molecule has 0 radical (unpaired) electrons. The first-order chi connectivity index (χ1) is 13.3. The number of carbonyl (C=O) groups is 1. The van der Waals surface area contributed by atoms with E-state index in [0.717, 1.165) is 65.1 Å². The fourth-order valence-electron chi connectivity index (χ4n) is 3.37. The summed E-state index contributed by atoms with van der Waals surface area (Å²) >= 11 is 4.93. The first-order valence-electron chi connectivity index (χ1n) is 8.86. The molecule has 3 aliphatic rings. The standard InChI is InChI=1S/C17H18N6OS3/c24-14(10-12-11-26-16-18-3-4-23(12)16)21-5-7-22(8-6-21)17-20-19-15(27-17)13-2-1-9-25-13/h1-2,9,11H,3-8,10H2. The molecule has 0 atom stereocenters. The van der Waals surface area contributed by atoms with Crippen LogP contribution in [0.15, 0.2) is 33.6 Å². The quantitative estimate of drug-likeness (QED) is 0.760. The van der Waals surface area contributed by atoms with Crippen molar-refractivity contribution in [1.29, 1.82) is 0 Å². The second-order valence-electron chi connectivity index (χ2n) is 6.45. The Kier molecular flexibility index (Phi) is 4.62. The lowest BCUT2D eigenvalue weighted by molar-refractivity contribution is -0.130. The summed E-state index contributed by atoms with van der Waals surface area (Å²) in [5.41, 5.74) is 1.09. The van der Waals surface area contributed by atoms with E-state index in [0.29, 0.717) is 6.42 Å². The Morgan fingerprint density at radius 2 is 2.04 bits per heavy atom. The van der Waals surface area contributed by atoms with Crippen LogP contribution in [-0.2, 0) is 4.79 Å². The number of anilines is 1. The minimum absolute atomic E-state index is 0.200. The average molecular weight is 419 g/mol. The van der Waals surface area contributed by atoms with Gasteiger partial charge in [0.15, 0.2) is 10.2 Å². The topological polar surface area (TPSA) is 64.9 Å². The fraction of sp³-hybridized carbons (Fsp3) is 0.412. The van der Waals surface area contributed by atoms with Crippen molar-refractivity contribution in [3.63, 3.8) is 0 Å². The Morgan fingerprint density at radius 3 is 2.85 bits per heavy atom. The third kappa shape index (κ3) is 3.37. The summed E-state index contributed by atoms with van der Waals surface area (Å²) in [6, 6.07) is 4.10. The van der Waals surface area contributed by atoms with Gasteiger partial charge in [0.05, 0.1) is 17.8 Å². The SMILES string of the molecule is O=C(CC1=CSC2=NCCN12)N1CCN(c2nnc(-c3cccs3)s2)CC1. The molecule has 7 nitrogen and oxygen atoms in total. The zero-order valence-electron chi connectivity index (χ0n) is 14.6. The van der Waals surface area contributed by atoms with E-state index in [4.69, 9.17) is 0 Å². The van der Waals surface area contributed by atoms with Gasteiger partial charge in [-0.3, -0.25) is 9.79 Å². The van der Waals surface area contributed by atoms with E-state index in [1.807, 2.05) is 11.0 Å². The Bertz CT molecular complexity index is 898. The van der Waals surface area contributed by atoms with E-state index in [-0.39, 0.29) is 5.91 Å². The molecule has 0 spiro atoms. The molecule has 1 amide bonds. The minimum Gasteiger partial charge on any atom is -0.343 e. The van der Waals surface area contributed by atoms with E-state index >= 15 is 0 Å². The number of aliphatic imine (C=N–C) groups is 1. The lowest BCUT2D eigenvalue weighted by atomic mass is 10.2. The van der Waals surface area contributed by atoms with Crippen LogP contribution in [0.1, 0.15) is 6.42 Å². The smallest absolute Gasteiger partial charge is 0.228 e. The van der Waals surface area contributed by atoms with Crippen LogP contribution in [0.4, 0.5) is 5.13 Å². The minimum atomic E-state index is 0.200. The molecule has 2 aromatic rings. The molecule has 1 saturated heterocycles. The molecular formula is C17H18N6OS3. The van der Waals surface area contributed by atoms with Crippen LogP contribution in [0.2, 0.25) is 0 Å². The van der Waals surface area contributed by atoms with Crippen LogP contribution in [0.3, 0.4) is 0 Å². The first-order valence-corrected chi connectivity index (χ1v) is 11.4. The lowest BCUT2D eigenvalue weighted by Crippen LogP contribution is -2.49. The van der Waals surface area contributed by atoms with Crippen LogP contribution in [0, 0.1) is 0 Å². The number of thiophene rings is 1. The number of thioether (sulfide) groups is 1. The van der Waals surface area contributed by atoms with Gasteiger partial charge in [0.2, 0.25) is 11.0 Å². The molecule has 0 N–H and O–H groups in total. The molecule has 5 heterocycles. The van der Waals surface area contributed by atoms with E-state index < -0.39 is 0 Å². The Morgan fingerprint density at radius 1 is 1.15 bits per heavy atom. The fourth-order valence-corrected chi connectivity index (χ4v) is 6.01. The number of amides is 1. The molecule has 0 aromatic carbocycles. The highest BCUT2D eigenvalue weighted by atomic mass is 32.2. The number of aromatic nitrogens is 2. The molecule has 10 heteroatoms. The molecule has 140 valence electrons.